The summed E-state index contributed by atoms with van der Waals surface area (Å²) in [7, 11) is 1.64. The number of thioether (sulfide) groups is 1. The fourth-order valence-corrected chi connectivity index (χ4v) is 4.58. The highest BCUT2D eigenvalue weighted by molar-refractivity contribution is 7.99. The summed E-state index contributed by atoms with van der Waals surface area (Å²) >= 11 is 1.42. The molecule has 7 nitrogen and oxygen atoms in total. The quantitative estimate of drug-likeness (QED) is 0.536. The van der Waals surface area contributed by atoms with E-state index in [2.05, 4.69) is 20.1 Å². The van der Waals surface area contributed by atoms with Crippen LogP contribution in [0.5, 0.6) is 5.75 Å². The van der Waals surface area contributed by atoms with Gasteiger partial charge in [0.1, 0.15) is 5.75 Å². The van der Waals surface area contributed by atoms with Crippen LogP contribution in [-0.2, 0) is 11.3 Å². The SMILES string of the molecule is COc1ccc(CNC(=O)CSc2nnc(-c3ccco3)n2C2CCCCC2)cc1. The number of ether oxygens (including phenoxy) is 1. The van der Waals surface area contributed by atoms with E-state index in [0.717, 1.165) is 35.1 Å². The molecule has 2 heterocycles. The number of hydrogen-bond donors (Lipinski definition) is 1. The summed E-state index contributed by atoms with van der Waals surface area (Å²) in [5.41, 5.74) is 1.03. The van der Waals surface area contributed by atoms with Crippen LogP contribution in [0.3, 0.4) is 0 Å². The van der Waals surface area contributed by atoms with Gasteiger partial charge < -0.3 is 14.5 Å². The molecule has 4 rings (SSSR count). The Kier molecular flexibility index (Phi) is 6.74. The molecule has 1 amide bonds. The van der Waals surface area contributed by atoms with Crippen LogP contribution in [0.1, 0.15) is 43.7 Å². The van der Waals surface area contributed by atoms with Crippen LogP contribution in [0.25, 0.3) is 11.6 Å². The van der Waals surface area contributed by atoms with Crippen molar-refractivity contribution in [1.29, 1.82) is 0 Å². The molecule has 1 aliphatic rings. The third kappa shape index (κ3) is 4.87. The number of hydrogen-bond acceptors (Lipinski definition) is 6. The molecule has 0 saturated heterocycles. The van der Waals surface area contributed by atoms with Gasteiger partial charge in [0.2, 0.25) is 11.7 Å². The molecular weight excluding hydrogens is 400 g/mol. The lowest BCUT2D eigenvalue weighted by Gasteiger charge is -2.25. The molecule has 0 atom stereocenters. The number of benzene rings is 1. The number of methoxy groups -OCH3 is 1. The molecule has 8 heteroatoms. The van der Waals surface area contributed by atoms with Gasteiger partial charge in [0.25, 0.3) is 0 Å². The van der Waals surface area contributed by atoms with E-state index in [9.17, 15) is 4.79 Å². The van der Waals surface area contributed by atoms with E-state index < -0.39 is 0 Å². The van der Waals surface area contributed by atoms with Gasteiger partial charge in [-0.25, -0.2) is 0 Å². The summed E-state index contributed by atoms with van der Waals surface area (Å²) < 4.78 is 12.9. The van der Waals surface area contributed by atoms with Crippen LogP contribution >= 0.6 is 11.8 Å². The van der Waals surface area contributed by atoms with Crippen molar-refractivity contribution in [3.05, 3.63) is 48.2 Å². The summed E-state index contributed by atoms with van der Waals surface area (Å²) in [5, 5.41) is 12.5. The molecule has 0 unspecified atom stereocenters. The molecule has 0 bridgehead atoms. The Hall–Kier alpha value is -2.74. The first-order chi connectivity index (χ1) is 14.7. The second-order valence-electron chi connectivity index (χ2n) is 7.36. The average molecular weight is 427 g/mol. The van der Waals surface area contributed by atoms with Crippen molar-refractivity contribution in [2.45, 2.75) is 49.8 Å². The molecule has 1 N–H and O–H groups in total. The summed E-state index contributed by atoms with van der Waals surface area (Å²) in [5.74, 6) is 2.51. The minimum atomic E-state index is -0.0337. The predicted octanol–water partition coefficient (Wildman–Crippen LogP) is 4.46. The van der Waals surface area contributed by atoms with Crippen molar-refractivity contribution >= 4 is 17.7 Å². The number of amides is 1. The van der Waals surface area contributed by atoms with E-state index in [4.69, 9.17) is 9.15 Å². The highest BCUT2D eigenvalue weighted by atomic mass is 32.2. The maximum atomic E-state index is 12.4. The number of nitrogens with one attached hydrogen (secondary N) is 1. The maximum absolute atomic E-state index is 12.4. The first kappa shape index (κ1) is 20.5. The fourth-order valence-electron chi connectivity index (χ4n) is 3.74. The van der Waals surface area contributed by atoms with Crippen LogP contribution in [0.2, 0.25) is 0 Å². The topological polar surface area (TPSA) is 82.2 Å². The van der Waals surface area contributed by atoms with Crippen molar-refractivity contribution < 1.29 is 13.9 Å². The van der Waals surface area contributed by atoms with Crippen molar-refractivity contribution in [2.24, 2.45) is 0 Å². The Morgan fingerprint density at radius 1 is 1.20 bits per heavy atom. The van der Waals surface area contributed by atoms with Gasteiger partial charge >= 0.3 is 0 Å². The van der Waals surface area contributed by atoms with Gasteiger partial charge in [0.15, 0.2) is 10.9 Å². The number of furan rings is 1. The van der Waals surface area contributed by atoms with E-state index in [1.807, 2.05) is 36.4 Å². The molecule has 158 valence electrons. The smallest absolute Gasteiger partial charge is 0.230 e. The Balaban J connectivity index is 1.40. The monoisotopic (exact) mass is 426 g/mol. The van der Waals surface area contributed by atoms with Gasteiger partial charge in [-0.1, -0.05) is 43.2 Å². The Morgan fingerprint density at radius 2 is 2.00 bits per heavy atom. The van der Waals surface area contributed by atoms with Gasteiger partial charge in [-0.05, 0) is 42.7 Å². The average Bonchev–Trinajstić information content (AvgIpc) is 3.47. The zero-order valence-corrected chi connectivity index (χ0v) is 17.9. The van der Waals surface area contributed by atoms with Crippen LogP contribution in [-0.4, -0.2) is 33.5 Å². The molecule has 1 aliphatic carbocycles. The normalized spacial score (nSPS) is 14.6. The van der Waals surface area contributed by atoms with Gasteiger partial charge in [0, 0.05) is 12.6 Å². The summed E-state index contributed by atoms with van der Waals surface area (Å²) in [6.45, 7) is 0.482. The highest BCUT2D eigenvalue weighted by Gasteiger charge is 2.25. The van der Waals surface area contributed by atoms with E-state index >= 15 is 0 Å². The van der Waals surface area contributed by atoms with Gasteiger partial charge in [-0.3, -0.25) is 9.36 Å². The standard InChI is InChI=1S/C22H26N4O3S/c1-28-18-11-9-16(10-12-18)14-23-20(27)15-30-22-25-24-21(19-8-5-13-29-19)26(22)17-6-3-2-4-7-17/h5,8-13,17H,2-4,6-7,14-15H2,1H3,(H,23,27). The second kappa shape index (κ2) is 9.84. The number of carbonyl (C=O) groups excluding carboxylic acids is 1. The molecule has 1 aromatic carbocycles. The van der Waals surface area contributed by atoms with Crippen molar-refractivity contribution in [2.75, 3.05) is 12.9 Å². The van der Waals surface area contributed by atoms with E-state index in [1.165, 1.54) is 31.0 Å². The van der Waals surface area contributed by atoms with Crippen LogP contribution in [0.4, 0.5) is 0 Å². The summed E-state index contributed by atoms with van der Waals surface area (Å²) in [6, 6.07) is 11.8. The number of nitrogens with zero attached hydrogens (tertiary/aromatic N) is 3. The third-order valence-corrected chi connectivity index (χ3v) is 6.27. The number of carbonyl (C=O) groups is 1. The molecule has 1 fully saturated rings. The Morgan fingerprint density at radius 3 is 2.70 bits per heavy atom. The minimum Gasteiger partial charge on any atom is -0.497 e. The molecule has 3 aromatic rings. The van der Waals surface area contributed by atoms with Gasteiger partial charge in [0.05, 0.1) is 19.1 Å². The van der Waals surface area contributed by atoms with E-state index in [0.29, 0.717) is 24.1 Å². The van der Waals surface area contributed by atoms with Crippen molar-refractivity contribution in [3.63, 3.8) is 0 Å². The number of aromatic nitrogens is 3. The second-order valence-corrected chi connectivity index (χ2v) is 8.30. The van der Waals surface area contributed by atoms with E-state index in [1.54, 1.807) is 13.4 Å². The Bertz CT molecular complexity index is 947. The van der Waals surface area contributed by atoms with Gasteiger partial charge in [-0.15, -0.1) is 10.2 Å². The van der Waals surface area contributed by atoms with Crippen LogP contribution < -0.4 is 10.1 Å². The van der Waals surface area contributed by atoms with E-state index in [-0.39, 0.29) is 5.91 Å². The van der Waals surface area contributed by atoms with Crippen LogP contribution in [0.15, 0.2) is 52.2 Å². The molecule has 0 radical (unpaired) electrons. The first-order valence-electron chi connectivity index (χ1n) is 10.3. The maximum Gasteiger partial charge on any atom is 0.230 e. The summed E-state index contributed by atoms with van der Waals surface area (Å²) in [4.78, 5) is 12.4. The Labute approximate surface area is 180 Å². The molecule has 2 aromatic heterocycles. The zero-order chi connectivity index (χ0) is 20.8. The van der Waals surface area contributed by atoms with Gasteiger partial charge in [-0.2, -0.15) is 0 Å². The minimum absolute atomic E-state index is 0.0337. The predicted molar refractivity (Wildman–Crippen MR) is 115 cm³/mol. The lowest BCUT2D eigenvalue weighted by atomic mass is 9.95. The van der Waals surface area contributed by atoms with Crippen molar-refractivity contribution in [3.8, 4) is 17.3 Å². The van der Waals surface area contributed by atoms with Crippen molar-refractivity contribution in [1.82, 2.24) is 20.1 Å². The lowest BCUT2D eigenvalue weighted by Crippen LogP contribution is -2.25. The third-order valence-electron chi connectivity index (χ3n) is 5.33. The zero-order valence-electron chi connectivity index (χ0n) is 17.0. The number of rotatable bonds is 8. The molecule has 1 saturated carbocycles. The van der Waals surface area contributed by atoms with Crippen LogP contribution in [0, 0.1) is 0 Å². The first-order valence-corrected chi connectivity index (χ1v) is 11.2. The largest absolute Gasteiger partial charge is 0.497 e. The summed E-state index contributed by atoms with van der Waals surface area (Å²) in [6.07, 6.45) is 7.52. The lowest BCUT2D eigenvalue weighted by molar-refractivity contribution is -0.118. The fraction of sp³-hybridized carbons (Fsp3) is 0.409. The molecule has 0 spiro atoms. The molecule has 30 heavy (non-hydrogen) atoms. The molecular formula is C22H26N4O3S. The molecule has 0 aliphatic heterocycles. The highest BCUT2D eigenvalue weighted by Crippen LogP contribution is 2.35.